The van der Waals surface area contributed by atoms with Gasteiger partial charge < -0.3 is 24.2 Å². The summed E-state index contributed by atoms with van der Waals surface area (Å²) >= 11 is 0. The van der Waals surface area contributed by atoms with E-state index in [0.717, 1.165) is 23.5 Å². The fourth-order valence-corrected chi connectivity index (χ4v) is 3.65. The van der Waals surface area contributed by atoms with Gasteiger partial charge in [0, 0.05) is 48.9 Å². The number of methoxy groups -OCH3 is 3. The highest BCUT2D eigenvalue weighted by atomic mass is 16.5. The smallest absolute Gasteiger partial charge is 0.210 e. The van der Waals surface area contributed by atoms with Crippen LogP contribution in [-0.2, 0) is 24.9 Å². The lowest BCUT2D eigenvalue weighted by Gasteiger charge is -2.21. The molecule has 1 aliphatic carbocycles. The summed E-state index contributed by atoms with van der Waals surface area (Å²) in [5, 5.41) is 14.2. The highest BCUT2D eigenvalue weighted by Gasteiger charge is 2.26. The number of para-hydroxylation sites is 1. The summed E-state index contributed by atoms with van der Waals surface area (Å²) in [4.78, 5) is 13.0. The fraction of sp³-hybridized carbons (Fsp3) is 0.429. The summed E-state index contributed by atoms with van der Waals surface area (Å²) in [5.41, 5.74) is 4.13. The second-order valence-corrected chi connectivity index (χ2v) is 8.27. The van der Waals surface area contributed by atoms with Crippen LogP contribution in [0.15, 0.2) is 42.5 Å². The first-order chi connectivity index (χ1) is 17.4. The molecule has 4 rings (SSSR count). The standard InChI is InChI=1S/C18H21NO5.C8H12N2.C2H6/c1-22-15-8-7-13(17(9-15)23-2)10-19(12-20)11-14-5-4-6-16(21)18(14)24-3;1-6-5-8(7-3-4-7)9-10(6)2;1-2/h4-9,12,21H,10-11H2,1-3H3;5,7H,3-4H2,1-2H3;1-2H3. The molecule has 1 saturated carbocycles. The summed E-state index contributed by atoms with van der Waals surface area (Å²) in [6.45, 7) is 6.75. The molecule has 0 saturated heterocycles. The van der Waals surface area contributed by atoms with Crippen molar-refractivity contribution in [3.63, 3.8) is 0 Å². The van der Waals surface area contributed by atoms with Gasteiger partial charge in [-0.15, -0.1) is 0 Å². The summed E-state index contributed by atoms with van der Waals surface area (Å²) in [6.07, 6.45) is 3.44. The number of aromatic hydroxyl groups is 1. The molecule has 8 heteroatoms. The fourth-order valence-electron chi connectivity index (χ4n) is 3.65. The van der Waals surface area contributed by atoms with Gasteiger partial charge in [-0.1, -0.05) is 26.0 Å². The number of carbonyl (C=O) groups excluding carboxylic acids is 1. The quantitative estimate of drug-likeness (QED) is 0.409. The van der Waals surface area contributed by atoms with Gasteiger partial charge in [-0.2, -0.15) is 5.10 Å². The molecule has 1 aliphatic rings. The number of carbonyl (C=O) groups is 1. The summed E-state index contributed by atoms with van der Waals surface area (Å²) in [7, 11) is 6.64. The number of aromatic nitrogens is 2. The second kappa shape index (κ2) is 14.0. The highest BCUT2D eigenvalue weighted by molar-refractivity contribution is 5.52. The summed E-state index contributed by atoms with van der Waals surface area (Å²) < 4.78 is 17.7. The molecule has 1 aromatic heterocycles. The van der Waals surface area contributed by atoms with Crippen molar-refractivity contribution < 1.29 is 24.1 Å². The number of nitrogens with zero attached hydrogens (tertiary/aromatic N) is 3. The second-order valence-electron chi connectivity index (χ2n) is 8.27. The van der Waals surface area contributed by atoms with Gasteiger partial charge in [0.2, 0.25) is 6.41 Å². The Balaban J connectivity index is 0.000000313. The first kappa shape index (κ1) is 28.6. The SMILES string of the molecule is CC.COc1ccc(CN(C=O)Cc2cccc(O)c2OC)c(OC)c1.Cc1cc(C2CC2)nn1C. The number of ether oxygens (including phenoxy) is 3. The number of benzene rings is 2. The van der Waals surface area contributed by atoms with Gasteiger partial charge in [0.1, 0.15) is 11.5 Å². The van der Waals surface area contributed by atoms with Crippen LogP contribution in [0.25, 0.3) is 0 Å². The van der Waals surface area contributed by atoms with E-state index in [1.54, 1.807) is 43.4 Å². The van der Waals surface area contributed by atoms with E-state index in [4.69, 9.17) is 14.2 Å². The topological polar surface area (TPSA) is 86.1 Å². The molecule has 8 nitrogen and oxygen atoms in total. The average molecular weight is 498 g/mol. The monoisotopic (exact) mass is 497 g/mol. The average Bonchev–Trinajstić information content (AvgIpc) is 3.70. The van der Waals surface area contributed by atoms with Crippen molar-refractivity contribution in [2.24, 2.45) is 7.05 Å². The Morgan fingerprint density at radius 3 is 2.25 bits per heavy atom. The van der Waals surface area contributed by atoms with Crippen LogP contribution in [0, 0.1) is 6.92 Å². The van der Waals surface area contributed by atoms with Crippen molar-refractivity contribution in [3.8, 4) is 23.0 Å². The zero-order chi connectivity index (χ0) is 26.7. The van der Waals surface area contributed by atoms with Crippen LogP contribution in [0.5, 0.6) is 23.0 Å². The van der Waals surface area contributed by atoms with E-state index in [1.165, 1.54) is 31.3 Å². The minimum absolute atomic E-state index is 0.0443. The van der Waals surface area contributed by atoms with Crippen LogP contribution >= 0.6 is 0 Å². The Morgan fingerprint density at radius 1 is 1.03 bits per heavy atom. The van der Waals surface area contributed by atoms with Crippen molar-refractivity contribution in [3.05, 3.63) is 65.0 Å². The number of amides is 1. The molecule has 0 radical (unpaired) electrons. The van der Waals surface area contributed by atoms with Crippen LogP contribution < -0.4 is 14.2 Å². The largest absolute Gasteiger partial charge is 0.504 e. The van der Waals surface area contributed by atoms with Gasteiger partial charge in [-0.05, 0) is 44.0 Å². The highest BCUT2D eigenvalue weighted by Crippen LogP contribution is 2.39. The molecule has 0 bridgehead atoms. The predicted octanol–water partition coefficient (Wildman–Crippen LogP) is 5.21. The van der Waals surface area contributed by atoms with Gasteiger partial charge in [0.15, 0.2) is 11.5 Å². The van der Waals surface area contributed by atoms with Crippen LogP contribution in [-0.4, -0.2) is 47.5 Å². The van der Waals surface area contributed by atoms with Crippen molar-refractivity contribution >= 4 is 6.41 Å². The zero-order valence-corrected chi connectivity index (χ0v) is 22.4. The van der Waals surface area contributed by atoms with Crippen molar-refractivity contribution in [2.45, 2.75) is 52.6 Å². The van der Waals surface area contributed by atoms with E-state index >= 15 is 0 Å². The first-order valence-corrected chi connectivity index (χ1v) is 12.2. The summed E-state index contributed by atoms with van der Waals surface area (Å²) in [5.74, 6) is 2.53. The van der Waals surface area contributed by atoms with Gasteiger partial charge in [-0.3, -0.25) is 9.48 Å². The van der Waals surface area contributed by atoms with Crippen molar-refractivity contribution in [2.75, 3.05) is 21.3 Å². The van der Waals surface area contributed by atoms with Gasteiger partial charge in [0.05, 0.1) is 27.0 Å². The molecule has 196 valence electrons. The molecule has 0 spiro atoms. The maximum atomic E-state index is 11.5. The van der Waals surface area contributed by atoms with E-state index in [-0.39, 0.29) is 5.75 Å². The minimum Gasteiger partial charge on any atom is -0.504 e. The Morgan fingerprint density at radius 2 is 1.72 bits per heavy atom. The maximum Gasteiger partial charge on any atom is 0.210 e. The molecule has 3 aromatic rings. The molecule has 1 amide bonds. The van der Waals surface area contributed by atoms with Crippen LogP contribution in [0.3, 0.4) is 0 Å². The van der Waals surface area contributed by atoms with E-state index < -0.39 is 0 Å². The Bertz CT molecular complexity index is 1090. The Hall–Kier alpha value is -3.68. The van der Waals surface area contributed by atoms with E-state index in [1.807, 2.05) is 37.7 Å². The van der Waals surface area contributed by atoms with E-state index in [9.17, 15) is 9.90 Å². The Kier molecular flexibility index (Phi) is 11.1. The number of hydrogen-bond acceptors (Lipinski definition) is 6. The molecule has 1 heterocycles. The third-order valence-electron chi connectivity index (χ3n) is 5.80. The Labute approximate surface area is 214 Å². The third kappa shape index (κ3) is 7.66. The van der Waals surface area contributed by atoms with Gasteiger partial charge in [0.25, 0.3) is 0 Å². The van der Waals surface area contributed by atoms with Gasteiger partial charge >= 0.3 is 0 Å². The number of phenols is 1. The molecule has 1 fully saturated rings. The normalized spacial score (nSPS) is 11.9. The third-order valence-corrected chi connectivity index (χ3v) is 5.80. The molecule has 0 aliphatic heterocycles. The maximum absolute atomic E-state index is 11.5. The molecule has 36 heavy (non-hydrogen) atoms. The van der Waals surface area contributed by atoms with Crippen LogP contribution in [0.4, 0.5) is 0 Å². The molecule has 0 atom stereocenters. The molecule has 2 aromatic carbocycles. The van der Waals surface area contributed by atoms with Gasteiger partial charge in [-0.25, -0.2) is 0 Å². The lowest BCUT2D eigenvalue weighted by atomic mass is 10.1. The number of aryl methyl sites for hydroxylation is 2. The molecule has 0 unspecified atom stereocenters. The zero-order valence-electron chi connectivity index (χ0n) is 22.4. The van der Waals surface area contributed by atoms with Crippen molar-refractivity contribution in [1.82, 2.24) is 14.7 Å². The minimum atomic E-state index is 0.0443. The lowest BCUT2D eigenvalue weighted by molar-refractivity contribution is -0.119. The number of hydrogen-bond donors (Lipinski definition) is 1. The first-order valence-electron chi connectivity index (χ1n) is 12.2. The van der Waals surface area contributed by atoms with Crippen molar-refractivity contribution in [1.29, 1.82) is 0 Å². The van der Waals surface area contributed by atoms with Crippen LogP contribution in [0.1, 0.15) is 55.1 Å². The van der Waals surface area contributed by atoms with E-state index in [0.29, 0.717) is 30.3 Å². The van der Waals surface area contributed by atoms with Crippen LogP contribution in [0.2, 0.25) is 0 Å². The number of phenolic OH excluding ortho intramolecular Hbond substituents is 1. The number of rotatable bonds is 9. The molecular weight excluding hydrogens is 458 g/mol. The molecule has 1 N–H and O–H groups in total. The lowest BCUT2D eigenvalue weighted by Crippen LogP contribution is -2.21. The molecular formula is C28H39N3O5. The summed E-state index contributed by atoms with van der Waals surface area (Å²) in [6, 6.07) is 12.7. The predicted molar refractivity (Wildman–Crippen MR) is 141 cm³/mol. The van der Waals surface area contributed by atoms with E-state index in [2.05, 4.69) is 18.1 Å².